The molecule has 22 heavy (non-hydrogen) atoms. The predicted octanol–water partition coefficient (Wildman–Crippen LogP) is 3.50. The highest BCUT2D eigenvalue weighted by Crippen LogP contribution is 2.09. The lowest BCUT2D eigenvalue weighted by Crippen LogP contribution is -2.33. The van der Waals surface area contributed by atoms with Crippen LogP contribution in [0.25, 0.3) is 0 Å². The third-order valence-electron chi connectivity index (χ3n) is 2.97. The Morgan fingerprint density at radius 1 is 1.23 bits per heavy atom. The number of oxime groups is 1. The maximum atomic E-state index is 11.9. The Morgan fingerprint density at radius 3 is 2.59 bits per heavy atom. The number of carbonyl (C=O) groups is 1. The van der Waals surface area contributed by atoms with Gasteiger partial charge in [0.05, 0.1) is 6.21 Å². The summed E-state index contributed by atoms with van der Waals surface area (Å²) in [5.41, 5.74) is 1.95. The molecule has 4 nitrogen and oxygen atoms in total. The second-order valence-corrected chi connectivity index (χ2v) is 5.65. The van der Waals surface area contributed by atoms with E-state index in [0.717, 1.165) is 15.6 Å². The second-order valence-electron chi connectivity index (χ2n) is 4.74. The summed E-state index contributed by atoms with van der Waals surface area (Å²) in [6.45, 7) is 2.14. The average Bonchev–Trinajstić information content (AvgIpc) is 2.55. The minimum absolute atomic E-state index is 0.197. The maximum Gasteiger partial charge on any atom is 0.263 e. The van der Waals surface area contributed by atoms with Crippen molar-refractivity contribution >= 4 is 28.1 Å². The van der Waals surface area contributed by atoms with Crippen LogP contribution in [0.1, 0.15) is 18.1 Å². The number of rotatable bonds is 6. The molecule has 0 saturated heterocycles. The molecule has 0 bridgehead atoms. The summed E-state index contributed by atoms with van der Waals surface area (Å²) < 4.78 is 0.999. The molecular weight excluding hydrogens is 344 g/mol. The molecule has 1 N–H and O–H groups in total. The van der Waals surface area contributed by atoms with E-state index in [9.17, 15) is 4.79 Å². The van der Waals surface area contributed by atoms with E-state index in [1.165, 1.54) is 0 Å². The van der Waals surface area contributed by atoms with Gasteiger partial charge in [0.2, 0.25) is 6.10 Å². The fourth-order valence-electron chi connectivity index (χ4n) is 1.71. The predicted molar refractivity (Wildman–Crippen MR) is 90.6 cm³/mol. The van der Waals surface area contributed by atoms with E-state index in [1.54, 1.807) is 13.1 Å². The zero-order valence-corrected chi connectivity index (χ0v) is 13.8. The molecule has 1 amide bonds. The van der Waals surface area contributed by atoms with Gasteiger partial charge >= 0.3 is 0 Å². The number of hydrogen-bond donors (Lipinski definition) is 1. The first-order chi connectivity index (χ1) is 10.6. The van der Waals surface area contributed by atoms with Crippen LogP contribution in [0.3, 0.4) is 0 Å². The lowest BCUT2D eigenvalue weighted by atomic mass is 10.2. The molecule has 0 aliphatic rings. The van der Waals surface area contributed by atoms with Crippen LogP contribution in [0.4, 0.5) is 0 Å². The van der Waals surface area contributed by atoms with Crippen molar-refractivity contribution in [3.8, 4) is 0 Å². The lowest BCUT2D eigenvalue weighted by Gasteiger charge is -2.10. The van der Waals surface area contributed by atoms with Crippen molar-refractivity contribution in [2.24, 2.45) is 5.16 Å². The van der Waals surface area contributed by atoms with Crippen LogP contribution in [0.5, 0.6) is 0 Å². The van der Waals surface area contributed by atoms with Gasteiger partial charge in [-0.25, -0.2) is 0 Å². The van der Waals surface area contributed by atoms with Crippen LogP contribution in [0, 0.1) is 0 Å². The van der Waals surface area contributed by atoms with E-state index < -0.39 is 6.10 Å². The van der Waals surface area contributed by atoms with Gasteiger partial charge in [-0.3, -0.25) is 4.79 Å². The SMILES string of the molecule is C[C@@H](O/N=C\c1ccc(Br)cc1)C(=O)NCc1ccccc1. The molecule has 0 unspecified atom stereocenters. The van der Waals surface area contributed by atoms with Gasteiger partial charge in [0.1, 0.15) is 0 Å². The number of amides is 1. The molecule has 0 saturated carbocycles. The first-order valence-electron chi connectivity index (χ1n) is 6.91. The topological polar surface area (TPSA) is 50.7 Å². The monoisotopic (exact) mass is 360 g/mol. The Morgan fingerprint density at radius 2 is 1.91 bits per heavy atom. The molecule has 0 fully saturated rings. The molecule has 2 aromatic carbocycles. The van der Waals surface area contributed by atoms with Crippen molar-refractivity contribution in [1.29, 1.82) is 0 Å². The number of benzene rings is 2. The molecule has 1 atom stereocenters. The third-order valence-corrected chi connectivity index (χ3v) is 3.50. The average molecular weight is 361 g/mol. The van der Waals surface area contributed by atoms with Crippen molar-refractivity contribution in [2.75, 3.05) is 0 Å². The van der Waals surface area contributed by atoms with Crippen LogP contribution < -0.4 is 5.32 Å². The molecule has 114 valence electrons. The van der Waals surface area contributed by atoms with Crippen molar-refractivity contribution in [1.82, 2.24) is 5.32 Å². The van der Waals surface area contributed by atoms with Crippen molar-refractivity contribution < 1.29 is 9.63 Å². The van der Waals surface area contributed by atoms with Gasteiger partial charge < -0.3 is 10.2 Å². The van der Waals surface area contributed by atoms with Gasteiger partial charge in [0, 0.05) is 11.0 Å². The second kappa shape index (κ2) is 8.34. The highest BCUT2D eigenvalue weighted by atomic mass is 79.9. The standard InChI is InChI=1S/C17H17BrN2O2/c1-13(17(21)19-11-14-5-3-2-4-6-14)22-20-12-15-7-9-16(18)10-8-15/h2-10,12-13H,11H2,1H3,(H,19,21)/b20-12-/t13-/m1/s1. The molecule has 0 spiro atoms. The largest absolute Gasteiger partial charge is 0.383 e. The van der Waals surface area contributed by atoms with Crippen LogP contribution in [-0.4, -0.2) is 18.2 Å². The first-order valence-corrected chi connectivity index (χ1v) is 7.71. The maximum absolute atomic E-state index is 11.9. The molecule has 0 aromatic heterocycles. The Kier molecular flexibility index (Phi) is 6.15. The highest BCUT2D eigenvalue weighted by Gasteiger charge is 2.13. The number of nitrogens with one attached hydrogen (secondary N) is 1. The zero-order valence-electron chi connectivity index (χ0n) is 12.2. The molecule has 0 heterocycles. The van der Waals surface area contributed by atoms with E-state index >= 15 is 0 Å². The number of nitrogens with zero attached hydrogens (tertiary/aromatic N) is 1. The van der Waals surface area contributed by atoms with Crippen molar-refractivity contribution in [3.63, 3.8) is 0 Å². The molecule has 5 heteroatoms. The van der Waals surface area contributed by atoms with E-state index in [2.05, 4.69) is 26.4 Å². The van der Waals surface area contributed by atoms with Crippen molar-refractivity contribution in [3.05, 3.63) is 70.2 Å². The molecular formula is C17H17BrN2O2. The summed E-state index contributed by atoms with van der Waals surface area (Å²) in [6, 6.07) is 17.3. The number of hydrogen-bond acceptors (Lipinski definition) is 3. The van der Waals surface area contributed by atoms with Crippen LogP contribution in [0.15, 0.2) is 64.2 Å². The Balaban J connectivity index is 1.77. The summed E-state index contributed by atoms with van der Waals surface area (Å²) in [6.07, 6.45) is 0.934. The summed E-state index contributed by atoms with van der Waals surface area (Å²) in [5.74, 6) is -0.197. The minimum Gasteiger partial charge on any atom is -0.383 e. The Hall–Kier alpha value is -2.14. The van der Waals surface area contributed by atoms with Gasteiger partial charge in [-0.05, 0) is 30.2 Å². The fourth-order valence-corrected chi connectivity index (χ4v) is 1.97. The van der Waals surface area contributed by atoms with E-state index in [0.29, 0.717) is 6.54 Å². The Labute approximate surface area is 138 Å². The molecule has 2 rings (SSSR count). The lowest BCUT2D eigenvalue weighted by molar-refractivity contribution is -0.131. The molecule has 0 aliphatic heterocycles. The summed E-state index contributed by atoms with van der Waals surface area (Å²) in [5, 5.41) is 6.66. The summed E-state index contributed by atoms with van der Waals surface area (Å²) in [7, 11) is 0. The number of halogens is 1. The normalized spacial score (nSPS) is 12.1. The van der Waals surface area contributed by atoms with Gasteiger partial charge in [0.15, 0.2) is 0 Å². The Bertz CT molecular complexity index is 627. The van der Waals surface area contributed by atoms with Crippen LogP contribution in [-0.2, 0) is 16.2 Å². The number of carbonyl (C=O) groups excluding carboxylic acids is 1. The molecule has 0 aliphatic carbocycles. The van der Waals surface area contributed by atoms with Gasteiger partial charge in [0.25, 0.3) is 5.91 Å². The van der Waals surface area contributed by atoms with E-state index in [-0.39, 0.29) is 5.91 Å². The smallest absolute Gasteiger partial charge is 0.263 e. The van der Waals surface area contributed by atoms with E-state index in [1.807, 2.05) is 54.6 Å². The van der Waals surface area contributed by atoms with Gasteiger partial charge in [-0.1, -0.05) is 63.6 Å². The fraction of sp³-hybridized carbons (Fsp3) is 0.176. The van der Waals surface area contributed by atoms with Gasteiger partial charge in [-0.2, -0.15) is 0 Å². The van der Waals surface area contributed by atoms with Gasteiger partial charge in [-0.15, -0.1) is 0 Å². The minimum atomic E-state index is -0.643. The van der Waals surface area contributed by atoms with Crippen LogP contribution >= 0.6 is 15.9 Å². The first kappa shape index (κ1) is 16.2. The quantitative estimate of drug-likeness (QED) is 0.632. The summed E-state index contributed by atoms with van der Waals surface area (Å²) >= 11 is 3.36. The summed E-state index contributed by atoms with van der Waals surface area (Å²) in [4.78, 5) is 17.1. The van der Waals surface area contributed by atoms with Crippen LogP contribution in [0.2, 0.25) is 0 Å². The van der Waals surface area contributed by atoms with E-state index in [4.69, 9.17) is 4.84 Å². The molecule has 0 radical (unpaired) electrons. The zero-order chi connectivity index (χ0) is 15.8. The van der Waals surface area contributed by atoms with Crippen molar-refractivity contribution in [2.45, 2.75) is 19.6 Å². The highest BCUT2D eigenvalue weighted by molar-refractivity contribution is 9.10. The molecule has 2 aromatic rings. The third kappa shape index (κ3) is 5.33.